The number of anilines is 1. The molecular weight excluding hydrogens is 230 g/mol. The molecule has 2 aromatic rings. The van der Waals surface area contributed by atoms with Gasteiger partial charge in [0.2, 0.25) is 0 Å². The van der Waals surface area contributed by atoms with E-state index >= 15 is 0 Å². The number of nitrogens with zero attached hydrogens (tertiary/aromatic N) is 1. The van der Waals surface area contributed by atoms with Crippen LogP contribution in [0.25, 0.3) is 0 Å². The van der Waals surface area contributed by atoms with E-state index in [4.69, 9.17) is 11.6 Å². The van der Waals surface area contributed by atoms with Gasteiger partial charge in [-0.05, 0) is 18.2 Å². The van der Waals surface area contributed by atoms with Crippen LogP contribution in [0.5, 0.6) is 5.75 Å². The van der Waals surface area contributed by atoms with Crippen molar-refractivity contribution in [2.75, 3.05) is 5.32 Å². The fourth-order valence-corrected chi connectivity index (χ4v) is 1.41. The Bertz CT molecular complexity index is 511. The van der Waals surface area contributed by atoms with Crippen molar-refractivity contribution in [2.24, 2.45) is 0 Å². The standard InChI is InChI=1S/C10H8ClN3O2/c11-9-2-1-7(15)3-8(9)10(16)14-6-4-12-13-5-6/h1-5,15H,(H,12,13)(H,14,16). The number of phenols is 1. The largest absolute Gasteiger partial charge is 0.508 e. The normalized spacial score (nSPS) is 10.1. The van der Waals surface area contributed by atoms with Crippen molar-refractivity contribution in [3.05, 3.63) is 41.2 Å². The SMILES string of the molecule is O=C(Nc1cn[nH]c1)c1cc(O)ccc1Cl. The molecular formula is C10H8ClN3O2. The van der Waals surface area contributed by atoms with Crippen LogP contribution in [0.4, 0.5) is 5.69 Å². The average molecular weight is 238 g/mol. The Balaban J connectivity index is 2.24. The van der Waals surface area contributed by atoms with Crippen LogP contribution in [0.3, 0.4) is 0 Å². The maximum Gasteiger partial charge on any atom is 0.257 e. The second-order valence-electron chi connectivity index (χ2n) is 3.11. The van der Waals surface area contributed by atoms with E-state index in [1.165, 1.54) is 30.6 Å². The quantitative estimate of drug-likeness (QED) is 0.748. The van der Waals surface area contributed by atoms with Gasteiger partial charge in [0, 0.05) is 6.20 Å². The van der Waals surface area contributed by atoms with Crippen molar-refractivity contribution in [3.63, 3.8) is 0 Å². The summed E-state index contributed by atoms with van der Waals surface area (Å²) in [6.07, 6.45) is 3.00. The summed E-state index contributed by atoms with van der Waals surface area (Å²) in [5, 5.41) is 18.4. The second kappa shape index (κ2) is 4.24. The number of hydrogen-bond acceptors (Lipinski definition) is 3. The lowest BCUT2D eigenvalue weighted by atomic mass is 10.2. The van der Waals surface area contributed by atoms with Crippen molar-refractivity contribution in [1.82, 2.24) is 10.2 Å². The van der Waals surface area contributed by atoms with Crippen LogP contribution in [-0.2, 0) is 0 Å². The Labute approximate surface area is 96.1 Å². The van der Waals surface area contributed by atoms with Crippen LogP contribution >= 0.6 is 11.6 Å². The third kappa shape index (κ3) is 2.14. The number of hydrogen-bond donors (Lipinski definition) is 3. The summed E-state index contributed by atoms with van der Waals surface area (Å²) in [6.45, 7) is 0. The van der Waals surface area contributed by atoms with Crippen LogP contribution < -0.4 is 5.32 Å². The Morgan fingerprint density at radius 2 is 2.31 bits per heavy atom. The number of aromatic amines is 1. The molecule has 82 valence electrons. The Kier molecular flexibility index (Phi) is 2.78. The molecule has 2 rings (SSSR count). The molecule has 0 aliphatic heterocycles. The summed E-state index contributed by atoms with van der Waals surface area (Å²) in [7, 11) is 0. The molecule has 0 atom stereocenters. The minimum absolute atomic E-state index is 0.0123. The Morgan fingerprint density at radius 1 is 1.50 bits per heavy atom. The number of nitrogens with one attached hydrogen (secondary N) is 2. The van der Waals surface area contributed by atoms with Gasteiger partial charge in [-0.25, -0.2) is 0 Å². The molecule has 1 heterocycles. The summed E-state index contributed by atoms with van der Waals surface area (Å²) < 4.78 is 0. The number of rotatable bonds is 2. The third-order valence-electron chi connectivity index (χ3n) is 1.95. The van der Waals surface area contributed by atoms with Crippen LogP contribution in [0, 0.1) is 0 Å². The zero-order valence-electron chi connectivity index (χ0n) is 8.07. The molecule has 0 radical (unpaired) electrons. The van der Waals surface area contributed by atoms with Gasteiger partial charge in [0.25, 0.3) is 5.91 Å². The molecule has 1 aromatic heterocycles. The van der Waals surface area contributed by atoms with Crippen molar-refractivity contribution >= 4 is 23.2 Å². The van der Waals surface area contributed by atoms with E-state index in [1.54, 1.807) is 0 Å². The van der Waals surface area contributed by atoms with Crippen LogP contribution in [0.1, 0.15) is 10.4 Å². The lowest BCUT2D eigenvalue weighted by molar-refractivity contribution is 0.102. The number of carbonyl (C=O) groups excluding carboxylic acids is 1. The number of H-pyrrole nitrogens is 1. The number of aromatic hydroxyl groups is 1. The number of aromatic nitrogens is 2. The molecule has 3 N–H and O–H groups in total. The molecule has 0 aliphatic carbocycles. The van der Waals surface area contributed by atoms with Gasteiger partial charge in [-0.3, -0.25) is 9.89 Å². The summed E-state index contributed by atoms with van der Waals surface area (Å²) >= 11 is 5.84. The predicted octanol–water partition coefficient (Wildman–Crippen LogP) is 2.02. The van der Waals surface area contributed by atoms with Crippen molar-refractivity contribution in [3.8, 4) is 5.75 Å². The maximum atomic E-state index is 11.7. The van der Waals surface area contributed by atoms with Gasteiger partial charge >= 0.3 is 0 Å². The first-order chi connectivity index (χ1) is 7.66. The molecule has 0 unspecified atom stereocenters. The molecule has 0 saturated carbocycles. The fourth-order valence-electron chi connectivity index (χ4n) is 1.20. The van der Waals surface area contributed by atoms with Gasteiger partial charge in [0.1, 0.15) is 5.75 Å². The molecule has 5 nitrogen and oxygen atoms in total. The van der Waals surface area contributed by atoms with Gasteiger partial charge in [-0.15, -0.1) is 0 Å². The van der Waals surface area contributed by atoms with E-state index in [0.717, 1.165) is 0 Å². The van der Waals surface area contributed by atoms with Gasteiger partial charge in [-0.1, -0.05) is 11.6 Å². The van der Waals surface area contributed by atoms with Crippen molar-refractivity contribution in [2.45, 2.75) is 0 Å². The van der Waals surface area contributed by atoms with E-state index in [2.05, 4.69) is 15.5 Å². The summed E-state index contributed by atoms with van der Waals surface area (Å²) in [5.41, 5.74) is 0.743. The van der Waals surface area contributed by atoms with Crippen LogP contribution in [-0.4, -0.2) is 21.2 Å². The monoisotopic (exact) mass is 237 g/mol. The Hall–Kier alpha value is -2.01. The summed E-state index contributed by atoms with van der Waals surface area (Å²) in [6, 6.07) is 4.18. The molecule has 0 saturated heterocycles. The second-order valence-corrected chi connectivity index (χ2v) is 3.51. The summed E-state index contributed by atoms with van der Waals surface area (Å²) in [4.78, 5) is 11.7. The lowest BCUT2D eigenvalue weighted by Crippen LogP contribution is -2.11. The van der Waals surface area contributed by atoms with Gasteiger partial charge in [0.05, 0.1) is 22.5 Å². The summed E-state index contributed by atoms with van der Waals surface area (Å²) in [5.74, 6) is -0.413. The smallest absolute Gasteiger partial charge is 0.257 e. The highest BCUT2D eigenvalue weighted by molar-refractivity contribution is 6.34. The highest BCUT2D eigenvalue weighted by atomic mass is 35.5. The van der Waals surface area contributed by atoms with E-state index in [1.807, 2.05) is 0 Å². The number of benzene rings is 1. The third-order valence-corrected chi connectivity index (χ3v) is 2.28. The molecule has 16 heavy (non-hydrogen) atoms. The van der Waals surface area contributed by atoms with E-state index < -0.39 is 5.91 Å². The Morgan fingerprint density at radius 3 is 3.00 bits per heavy atom. The minimum atomic E-state index is -0.401. The first-order valence-corrected chi connectivity index (χ1v) is 4.83. The van der Waals surface area contributed by atoms with Crippen LogP contribution in [0.2, 0.25) is 5.02 Å². The molecule has 0 bridgehead atoms. The van der Waals surface area contributed by atoms with Crippen molar-refractivity contribution in [1.29, 1.82) is 0 Å². The van der Waals surface area contributed by atoms with Crippen molar-refractivity contribution < 1.29 is 9.90 Å². The van der Waals surface area contributed by atoms with E-state index in [0.29, 0.717) is 5.69 Å². The first-order valence-electron chi connectivity index (χ1n) is 4.45. The molecule has 6 heteroatoms. The predicted molar refractivity (Wildman–Crippen MR) is 59.7 cm³/mol. The van der Waals surface area contributed by atoms with Gasteiger partial charge < -0.3 is 10.4 Å². The highest BCUT2D eigenvalue weighted by Gasteiger charge is 2.11. The highest BCUT2D eigenvalue weighted by Crippen LogP contribution is 2.22. The molecule has 0 spiro atoms. The molecule has 0 fully saturated rings. The topological polar surface area (TPSA) is 78.0 Å². The molecule has 0 aliphatic rings. The fraction of sp³-hybridized carbons (Fsp3) is 0. The zero-order valence-corrected chi connectivity index (χ0v) is 8.82. The number of amides is 1. The number of phenolic OH excluding ortho intramolecular Hbond substituents is 1. The number of carbonyl (C=O) groups is 1. The van der Waals surface area contributed by atoms with E-state index in [-0.39, 0.29) is 16.3 Å². The number of halogens is 1. The van der Waals surface area contributed by atoms with Gasteiger partial charge in [-0.2, -0.15) is 5.10 Å². The average Bonchev–Trinajstić information content (AvgIpc) is 2.74. The zero-order chi connectivity index (χ0) is 11.5. The minimum Gasteiger partial charge on any atom is -0.508 e. The maximum absolute atomic E-state index is 11.7. The van der Waals surface area contributed by atoms with Gasteiger partial charge in [0.15, 0.2) is 0 Å². The molecule has 1 aromatic carbocycles. The first kappa shape index (κ1) is 10.5. The van der Waals surface area contributed by atoms with Crippen LogP contribution in [0.15, 0.2) is 30.6 Å². The molecule has 1 amide bonds. The lowest BCUT2D eigenvalue weighted by Gasteiger charge is -2.04. The van der Waals surface area contributed by atoms with E-state index in [9.17, 15) is 9.90 Å².